The molecule has 9 nitrogen and oxygen atoms in total. The molecule has 26 heavy (non-hydrogen) atoms. The van der Waals surface area contributed by atoms with Crippen LogP contribution in [0, 0.1) is 5.92 Å². The van der Waals surface area contributed by atoms with Gasteiger partial charge >= 0.3 is 0 Å². The number of carbonyl (C=O) groups excluding carboxylic acids is 2. The third-order valence-corrected chi connectivity index (χ3v) is 4.68. The average Bonchev–Trinajstić information content (AvgIpc) is 3.27. The molecule has 3 rings (SSSR count). The van der Waals surface area contributed by atoms with Crippen molar-refractivity contribution < 1.29 is 19.2 Å². The van der Waals surface area contributed by atoms with E-state index >= 15 is 0 Å². The molecule has 2 amide bonds. The van der Waals surface area contributed by atoms with E-state index in [-0.39, 0.29) is 23.4 Å². The van der Waals surface area contributed by atoms with E-state index in [9.17, 15) is 14.7 Å². The lowest BCUT2D eigenvalue weighted by Gasteiger charge is -2.34. The van der Waals surface area contributed by atoms with E-state index in [1.54, 1.807) is 35.8 Å². The van der Waals surface area contributed by atoms with E-state index < -0.39 is 12.1 Å². The molecule has 0 radical (unpaired) electrons. The number of hydrogen-bond acceptors (Lipinski definition) is 6. The van der Waals surface area contributed by atoms with E-state index in [1.165, 1.54) is 12.6 Å². The Hall–Kier alpha value is -2.68. The van der Waals surface area contributed by atoms with Crippen LogP contribution in [0.25, 0.3) is 0 Å². The maximum atomic E-state index is 12.7. The van der Waals surface area contributed by atoms with Crippen LogP contribution < -0.4 is 5.32 Å². The highest BCUT2D eigenvalue weighted by Gasteiger charge is 2.35. The van der Waals surface area contributed by atoms with Crippen LogP contribution in [0.5, 0.6) is 0 Å². The number of nitrogens with one attached hydrogen (secondary N) is 1. The summed E-state index contributed by atoms with van der Waals surface area (Å²) in [6, 6.07) is 1.23. The SMILES string of the molecule is CN(Cc1ccon1)C(=O)[C@H]1CC[C@@H](O)[C@H](NC(=O)c2cn(C)cn2)C1. The van der Waals surface area contributed by atoms with Gasteiger partial charge < -0.3 is 24.4 Å². The lowest BCUT2D eigenvalue weighted by molar-refractivity contribution is -0.137. The van der Waals surface area contributed by atoms with Crippen molar-refractivity contribution in [1.29, 1.82) is 0 Å². The highest BCUT2D eigenvalue weighted by atomic mass is 16.5. The Morgan fingerprint density at radius 1 is 1.46 bits per heavy atom. The Morgan fingerprint density at radius 3 is 2.92 bits per heavy atom. The first kappa shape index (κ1) is 18.1. The maximum Gasteiger partial charge on any atom is 0.271 e. The molecule has 3 atom stereocenters. The molecule has 1 fully saturated rings. The van der Waals surface area contributed by atoms with Crippen molar-refractivity contribution >= 4 is 11.8 Å². The van der Waals surface area contributed by atoms with Crippen LogP contribution >= 0.6 is 0 Å². The monoisotopic (exact) mass is 361 g/mol. The topological polar surface area (TPSA) is 113 Å². The molecule has 140 valence electrons. The molecule has 0 unspecified atom stereocenters. The third kappa shape index (κ3) is 4.10. The number of aryl methyl sites for hydroxylation is 1. The van der Waals surface area contributed by atoms with Gasteiger partial charge in [0.25, 0.3) is 5.91 Å². The Bertz CT molecular complexity index is 757. The summed E-state index contributed by atoms with van der Waals surface area (Å²) < 4.78 is 6.46. The van der Waals surface area contributed by atoms with Crippen LogP contribution in [0.4, 0.5) is 0 Å². The van der Waals surface area contributed by atoms with E-state index in [0.29, 0.717) is 31.5 Å². The van der Waals surface area contributed by atoms with Crippen LogP contribution in [0.2, 0.25) is 0 Å². The number of amides is 2. The summed E-state index contributed by atoms with van der Waals surface area (Å²) in [7, 11) is 3.49. The zero-order valence-electron chi connectivity index (χ0n) is 14.8. The first-order chi connectivity index (χ1) is 12.4. The fraction of sp³-hybridized carbons (Fsp3) is 0.529. The minimum atomic E-state index is -0.674. The smallest absolute Gasteiger partial charge is 0.271 e. The summed E-state index contributed by atoms with van der Waals surface area (Å²) in [6.45, 7) is 0.360. The van der Waals surface area contributed by atoms with Crippen LogP contribution in [0.15, 0.2) is 29.4 Å². The quantitative estimate of drug-likeness (QED) is 0.793. The standard InChI is InChI=1S/C17H23N5O4/c1-21-9-14(18-10-21)16(24)19-13-7-11(3-4-15(13)23)17(25)22(2)8-12-5-6-26-20-12/h5-6,9-11,13,15,23H,3-4,7-8H2,1-2H3,(H,19,24)/t11-,13+,15+/m0/s1. The molecule has 1 saturated carbocycles. The molecular formula is C17H23N5O4. The molecule has 0 aromatic carbocycles. The summed E-state index contributed by atoms with van der Waals surface area (Å²) >= 11 is 0. The van der Waals surface area contributed by atoms with Gasteiger partial charge in [-0.25, -0.2) is 4.98 Å². The number of imidazole rings is 1. The van der Waals surface area contributed by atoms with Crippen LogP contribution in [0.1, 0.15) is 35.4 Å². The molecular weight excluding hydrogens is 338 g/mol. The number of hydrogen-bond donors (Lipinski definition) is 2. The van der Waals surface area contributed by atoms with Crippen LogP contribution in [-0.2, 0) is 18.4 Å². The summed E-state index contributed by atoms with van der Waals surface area (Å²) in [5.74, 6) is -0.639. The molecule has 2 aromatic heterocycles. The first-order valence-corrected chi connectivity index (χ1v) is 8.55. The van der Waals surface area contributed by atoms with Gasteiger partial charge in [0.05, 0.1) is 25.0 Å². The van der Waals surface area contributed by atoms with Crippen molar-refractivity contribution in [2.45, 2.75) is 38.0 Å². The maximum absolute atomic E-state index is 12.7. The second kappa shape index (κ2) is 7.69. The number of aliphatic hydroxyl groups is 1. The molecule has 2 heterocycles. The predicted octanol–water partition coefficient (Wildman–Crippen LogP) is 0.326. The minimum Gasteiger partial charge on any atom is -0.391 e. The lowest BCUT2D eigenvalue weighted by Crippen LogP contribution is -2.49. The van der Waals surface area contributed by atoms with Gasteiger partial charge in [-0.2, -0.15) is 0 Å². The van der Waals surface area contributed by atoms with Gasteiger partial charge in [-0.15, -0.1) is 0 Å². The first-order valence-electron chi connectivity index (χ1n) is 8.55. The second-order valence-electron chi connectivity index (χ2n) is 6.77. The fourth-order valence-corrected chi connectivity index (χ4v) is 3.26. The van der Waals surface area contributed by atoms with Gasteiger partial charge in [0.2, 0.25) is 5.91 Å². The number of aliphatic hydroxyl groups excluding tert-OH is 1. The summed E-state index contributed by atoms with van der Waals surface area (Å²) in [5.41, 5.74) is 0.966. The zero-order valence-corrected chi connectivity index (χ0v) is 14.8. The van der Waals surface area contributed by atoms with E-state index in [4.69, 9.17) is 4.52 Å². The summed E-state index contributed by atoms with van der Waals surface area (Å²) in [4.78, 5) is 30.6. The van der Waals surface area contributed by atoms with Crippen molar-refractivity contribution in [2.24, 2.45) is 13.0 Å². The van der Waals surface area contributed by atoms with Gasteiger partial charge in [-0.05, 0) is 19.3 Å². The van der Waals surface area contributed by atoms with E-state index in [1.807, 2.05) is 0 Å². The summed E-state index contributed by atoms with van der Waals surface area (Å²) in [5, 5.41) is 16.8. The number of rotatable bonds is 5. The van der Waals surface area contributed by atoms with Crippen molar-refractivity contribution in [2.75, 3.05) is 7.05 Å². The van der Waals surface area contributed by atoms with Crippen LogP contribution in [0.3, 0.4) is 0 Å². The largest absolute Gasteiger partial charge is 0.391 e. The van der Waals surface area contributed by atoms with E-state index in [0.717, 1.165) is 0 Å². The zero-order chi connectivity index (χ0) is 18.7. The highest BCUT2D eigenvalue weighted by Crippen LogP contribution is 2.27. The average molecular weight is 361 g/mol. The Balaban J connectivity index is 1.60. The van der Waals surface area contributed by atoms with E-state index in [2.05, 4.69) is 15.5 Å². The fourth-order valence-electron chi connectivity index (χ4n) is 3.26. The molecule has 1 aliphatic carbocycles. The Kier molecular flexibility index (Phi) is 5.36. The molecule has 1 aliphatic rings. The molecule has 2 aromatic rings. The Labute approximate surface area is 151 Å². The van der Waals surface area contributed by atoms with Crippen molar-refractivity contribution in [3.05, 3.63) is 36.2 Å². The highest BCUT2D eigenvalue weighted by molar-refractivity contribution is 5.92. The minimum absolute atomic E-state index is 0.0306. The predicted molar refractivity (Wildman–Crippen MR) is 90.8 cm³/mol. The molecule has 0 aliphatic heterocycles. The third-order valence-electron chi connectivity index (χ3n) is 4.68. The van der Waals surface area contributed by atoms with Crippen molar-refractivity contribution in [3.63, 3.8) is 0 Å². The van der Waals surface area contributed by atoms with Gasteiger partial charge in [0, 0.05) is 32.3 Å². The van der Waals surface area contributed by atoms with Gasteiger partial charge in [0.15, 0.2) is 0 Å². The van der Waals surface area contributed by atoms with Gasteiger partial charge in [0.1, 0.15) is 17.7 Å². The molecule has 0 bridgehead atoms. The van der Waals surface area contributed by atoms with Gasteiger partial charge in [-0.3, -0.25) is 9.59 Å². The number of nitrogens with zero attached hydrogens (tertiary/aromatic N) is 4. The molecule has 0 spiro atoms. The second-order valence-corrected chi connectivity index (χ2v) is 6.77. The molecule has 2 N–H and O–H groups in total. The van der Waals surface area contributed by atoms with Crippen LogP contribution in [-0.4, -0.2) is 55.7 Å². The normalized spacial score (nSPS) is 22.8. The Morgan fingerprint density at radius 2 is 2.27 bits per heavy atom. The van der Waals surface area contributed by atoms with Crippen molar-refractivity contribution in [1.82, 2.24) is 24.9 Å². The number of carbonyl (C=O) groups is 2. The molecule has 0 saturated heterocycles. The van der Waals surface area contributed by atoms with Gasteiger partial charge in [-0.1, -0.05) is 5.16 Å². The van der Waals surface area contributed by atoms with Crippen molar-refractivity contribution in [3.8, 4) is 0 Å². The lowest BCUT2D eigenvalue weighted by atomic mass is 9.83. The number of aromatic nitrogens is 3. The summed E-state index contributed by atoms with van der Waals surface area (Å²) in [6.07, 6.45) is 5.37. The molecule has 9 heteroatoms.